The largest absolute Gasteiger partial charge is 0.336 e. The lowest BCUT2D eigenvalue weighted by Crippen LogP contribution is -2.38. The van der Waals surface area contributed by atoms with E-state index in [0.29, 0.717) is 23.2 Å². The van der Waals surface area contributed by atoms with Crippen LogP contribution in [0.4, 0.5) is 11.6 Å². The summed E-state index contributed by atoms with van der Waals surface area (Å²) < 4.78 is 23.0. The van der Waals surface area contributed by atoms with Gasteiger partial charge in [-0.3, -0.25) is 4.79 Å². The van der Waals surface area contributed by atoms with Gasteiger partial charge in [0.15, 0.2) is 9.84 Å². The number of hydrogen-bond donors (Lipinski definition) is 1. The Kier molecular flexibility index (Phi) is 6.40. The van der Waals surface area contributed by atoms with Gasteiger partial charge < -0.3 is 15.1 Å². The van der Waals surface area contributed by atoms with Crippen LogP contribution in [0, 0.1) is 0 Å². The third kappa shape index (κ3) is 4.85. The molecule has 0 aliphatic carbocycles. The fraction of sp³-hybridized carbons (Fsp3) is 0.421. The predicted octanol–water partition coefficient (Wildman–Crippen LogP) is 1.84. The molecule has 1 amide bonds. The molecule has 3 fully saturated rings. The van der Waals surface area contributed by atoms with Crippen LogP contribution in [0.25, 0.3) is 0 Å². The third-order valence-electron chi connectivity index (χ3n) is 5.35. The van der Waals surface area contributed by atoms with Crippen molar-refractivity contribution in [1.82, 2.24) is 14.9 Å². The van der Waals surface area contributed by atoms with Crippen LogP contribution < -0.4 is 10.2 Å². The number of carbonyl (C=O) groups excluding carboxylic acids is 1. The predicted molar refractivity (Wildman–Crippen MR) is 114 cm³/mol. The molecule has 1 aromatic carbocycles. The van der Waals surface area contributed by atoms with Gasteiger partial charge in [-0.15, -0.1) is 12.4 Å². The molecule has 0 radical (unpaired) electrons. The molecular weight excluding hydrogens is 414 g/mol. The Bertz CT molecular complexity index is 958. The van der Waals surface area contributed by atoms with E-state index >= 15 is 0 Å². The number of halogens is 1. The molecular formula is C19H24ClN5O3S. The van der Waals surface area contributed by atoms with Gasteiger partial charge >= 0.3 is 0 Å². The molecule has 4 heterocycles. The minimum atomic E-state index is -3.29. The molecule has 0 atom stereocenters. The maximum Gasteiger partial charge on any atom is 0.255 e. The lowest BCUT2D eigenvalue weighted by Gasteiger charge is -2.31. The zero-order valence-corrected chi connectivity index (χ0v) is 17.7. The molecule has 1 aromatic heterocycles. The summed E-state index contributed by atoms with van der Waals surface area (Å²) in [5, 5.41) is 2.75. The lowest BCUT2D eigenvalue weighted by molar-refractivity contribution is 0.102. The number of hydrogen-bond acceptors (Lipinski definition) is 7. The van der Waals surface area contributed by atoms with Crippen molar-refractivity contribution in [2.24, 2.45) is 0 Å². The monoisotopic (exact) mass is 437 g/mol. The van der Waals surface area contributed by atoms with Gasteiger partial charge in [-0.2, -0.15) is 0 Å². The molecule has 2 bridgehead atoms. The Hall–Kier alpha value is -2.23. The molecule has 3 aliphatic heterocycles. The first-order valence-corrected chi connectivity index (χ1v) is 11.2. The highest BCUT2D eigenvalue weighted by molar-refractivity contribution is 7.90. The first kappa shape index (κ1) is 21.5. The molecule has 156 valence electrons. The number of carbonyl (C=O) groups is 1. The molecule has 3 aliphatic rings. The summed E-state index contributed by atoms with van der Waals surface area (Å²) in [6.07, 6.45) is 6.62. The summed E-state index contributed by atoms with van der Waals surface area (Å²) in [6.45, 7) is 4.21. The fourth-order valence-electron chi connectivity index (χ4n) is 3.74. The number of rotatable bonds is 4. The number of anilines is 2. The Balaban J connectivity index is 0.00000240. The quantitative estimate of drug-likeness (QED) is 0.779. The van der Waals surface area contributed by atoms with Crippen molar-refractivity contribution in [1.29, 1.82) is 0 Å². The second-order valence-electron chi connectivity index (χ2n) is 7.29. The van der Waals surface area contributed by atoms with Crippen LogP contribution in [0.3, 0.4) is 0 Å². The van der Waals surface area contributed by atoms with Gasteiger partial charge in [-0.25, -0.2) is 18.4 Å². The van der Waals surface area contributed by atoms with Crippen LogP contribution in [-0.2, 0) is 9.84 Å². The van der Waals surface area contributed by atoms with E-state index in [9.17, 15) is 13.2 Å². The Morgan fingerprint density at radius 3 is 2.24 bits per heavy atom. The summed E-state index contributed by atoms with van der Waals surface area (Å²) in [6, 6.07) is 6.31. The highest BCUT2D eigenvalue weighted by Crippen LogP contribution is 2.24. The average Bonchev–Trinajstić information content (AvgIpc) is 3.02. The number of piperidine rings is 1. The van der Waals surface area contributed by atoms with E-state index in [2.05, 4.69) is 25.1 Å². The van der Waals surface area contributed by atoms with Gasteiger partial charge in [-0.1, -0.05) is 0 Å². The van der Waals surface area contributed by atoms with Crippen molar-refractivity contribution in [2.45, 2.75) is 23.8 Å². The normalized spacial score (nSPS) is 21.2. The van der Waals surface area contributed by atoms with E-state index in [1.54, 1.807) is 12.4 Å². The van der Waals surface area contributed by atoms with Crippen molar-refractivity contribution >= 4 is 39.8 Å². The Morgan fingerprint density at radius 2 is 1.66 bits per heavy atom. The van der Waals surface area contributed by atoms with Crippen molar-refractivity contribution in [3.8, 4) is 0 Å². The van der Waals surface area contributed by atoms with Gasteiger partial charge in [0.25, 0.3) is 5.91 Å². The average molecular weight is 438 g/mol. The number of aromatic nitrogens is 2. The zero-order valence-electron chi connectivity index (χ0n) is 16.1. The minimum Gasteiger partial charge on any atom is -0.336 e. The molecule has 0 saturated carbocycles. The first-order valence-electron chi connectivity index (χ1n) is 9.33. The molecule has 3 saturated heterocycles. The number of amides is 1. The number of nitrogens with zero attached hydrogens (tertiary/aromatic N) is 4. The van der Waals surface area contributed by atoms with Crippen LogP contribution >= 0.6 is 12.4 Å². The van der Waals surface area contributed by atoms with Gasteiger partial charge in [0.2, 0.25) is 5.95 Å². The van der Waals surface area contributed by atoms with Crippen molar-refractivity contribution in [2.75, 3.05) is 42.7 Å². The topological polar surface area (TPSA) is 95.5 Å². The molecule has 0 unspecified atom stereocenters. The van der Waals surface area contributed by atoms with E-state index in [0.717, 1.165) is 45.3 Å². The maximum absolute atomic E-state index is 12.4. The Labute approximate surface area is 176 Å². The van der Waals surface area contributed by atoms with Gasteiger partial charge in [-0.05, 0) is 37.1 Å². The van der Waals surface area contributed by atoms with Crippen LogP contribution in [0.1, 0.15) is 23.2 Å². The summed E-state index contributed by atoms with van der Waals surface area (Å²) in [7, 11) is -3.29. The van der Waals surface area contributed by atoms with Crippen LogP contribution in [0.5, 0.6) is 0 Å². The van der Waals surface area contributed by atoms with Crippen molar-refractivity contribution in [3.63, 3.8) is 0 Å². The minimum absolute atomic E-state index is 0. The first-order chi connectivity index (χ1) is 13.4. The SMILES string of the molecule is CS(=O)(=O)c1ccc(C(=O)Nc2cnc(N3CCN4CCC3CC4)nc2)cc1.Cl. The number of benzene rings is 1. The molecule has 8 nitrogen and oxygen atoms in total. The van der Waals surface area contributed by atoms with Crippen LogP contribution in [-0.4, -0.2) is 67.7 Å². The third-order valence-corrected chi connectivity index (χ3v) is 6.48. The smallest absolute Gasteiger partial charge is 0.255 e. The maximum atomic E-state index is 12.4. The molecule has 2 aromatic rings. The second kappa shape index (κ2) is 8.64. The fourth-order valence-corrected chi connectivity index (χ4v) is 4.37. The number of fused-ring (bicyclic) bond motifs is 4. The van der Waals surface area contributed by atoms with Gasteiger partial charge in [0.05, 0.1) is 23.0 Å². The second-order valence-corrected chi connectivity index (χ2v) is 9.30. The molecule has 0 spiro atoms. The molecule has 1 N–H and O–H groups in total. The van der Waals surface area contributed by atoms with Crippen molar-refractivity contribution in [3.05, 3.63) is 42.2 Å². The summed E-state index contributed by atoms with van der Waals surface area (Å²) in [5.41, 5.74) is 0.874. The summed E-state index contributed by atoms with van der Waals surface area (Å²) in [4.78, 5) is 26.2. The highest BCUT2D eigenvalue weighted by Gasteiger charge is 2.30. The number of nitrogens with one attached hydrogen (secondary N) is 1. The van der Waals surface area contributed by atoms with Crippen LogP contribution in [0.15, 0.2) is 41.6 Å². The lowest BCUT2D eigenvalue weighted by atomic mass is 10.1. The van der Waals surface area contributed by atoms with E-state index in [1.807, 2.05) is 0 Å². The van der Waals surface area contributed by atoms with Gasteiger partial charge in [0, 0.05) is 44.0 Å². The van der Waals surface area contributed by atoms with Crippen molar-refractivity contribution < 1.29 is 13.2 Å². The summed E-state index contributed by atoms with van der Waals surface area (Å²) in [5.74, 6) is 0.363. The van der Waals surface area contributed by atoms with E-state index in [1.165, 1.54) is 24.3 Å². The van der Waals surface area contributed by atoms with Crippen LogP contribution in [0.2, 0.25) is 0 Å². The zero-order chi connectivity index (χ0) is 19.7. The Morgan fingerprint density at radius 1 is 1.03 bits per heavy atom. The van der Waals surface area contributed by atoms with E-state index in [-0.39, 0.29) is 23.2 Å². The molecule has 5 rings (SSSR count). The standard InChI is InChI=1S/C19H23N5O3S.ClH/c1-28(26,27)17-4-2-14(3-5-17)18(25)22-15-12-20-19(21-13-15)24-11-10-23-8-6-16(24)7-9-23;/h2-5,12-13,16H,6-11H2,1H3,(H,22,25);1H. The number of sulfone groups is 1. The molecule has 10 heteroatoms. The summed E-state index contributed by atoms with van der Waals surface area (Å²) >= 11 is 0. The molecule has 29 heavy (non-hydrogen) atoms. The van der Waals surface area contributed by atoms with E-state index < -0.39 is 9.84 Å². The van der Waals surface area contributed by atoms with E-state index in [4.69, 9.17) is 0 Å². The van der Waals surface area contributed by atoms with Gasteiger partial charge in [0.1, 0.15) is 0 Å². The highest BCUT2D eigenvalue weighted by atomic mass is 35.5.